The van der Waals surface area contributed by atoms with Gasteiger partial charge in [-0.15, -0.1) is 0 Å². The largest absolute Gasteiger partial charge is 0.337 e. The average molecular weight is 401 g/mol. The zero-order valence-corrected chi connectivity index (χ0v) is 17.8. The van der Waals surface area contributed by atoms with Gasteiger partial charge in [0.15, 0.2) is 12.0 Å². The summed E-state index contributed by atoms with van der Waals surface area (Å²) in [6.07, 6.45) is 15.6. The van der Waals surface area contributed by atoms with Crippen molar-refractivity contribution >= 4 is 12.6 Å². The Morgan fingerprint density at radius 1 is 0.966 bits per heavy atom. The van der Waals surface area contributed by atoms with Gasteiger partial charge in [0, 0.05) is 5.92 Å². The van der Waals surface area contributed by atoms with E-state index in [0.717, 1.165) is 44.2 Å². The van der Waals surface area contributed by atoms with Crippen molar-refractivity contribution < 1.29 is 19.4 Å². The Hall–Kier alpha value is -1.68. The Balaban J connectivity index is 1.50. The zero-order valence-electron chi connectivity index (χ0n) is 17.8. The lowest BCUT2D eigenvalue weighted by Gasteiger charge is -2.29. The summed E-state index contributed by atoms with van der Waals surface area (Å²) >= 11 is 0. The normalized spacial score (nSPS) is 27.3. The van der Waals surface area contributed by atoms with Gasteiger partial charge in [-0.25, -0.2) is 0 Å². The molecule has 0 atom stereocenters. The molecule has 3 rings (SSSR count). The third kappa shape index (κ3) is 6.40. The predicted molar refractivity (Wildman–Crippen MR) is 114 cm³/mol. The van der Waals surface area contributed by atoms with Crippen LogP contribution in [0.3, 0.4) is 0 Å². The van der Waals surface area contributed by atoms with Gasteiger partial charge in [-0.3, -0.25) is 4.79 Å². The first-order chi connectivity index (χ1) is 14.2. The molecule has 0 heterocycles. The molecule has 0 saturated heterocycles. The molecule has 2 saturated carbocycles. The number of hydrogen-bond acceptors (Lipinski definition) is 4. The smallest absolute Gasteiger partial charge is 0.175 e. The highest BCUT2D eigenvalue weighted by Gasteiger charge is 2.24. The van der Waals surface area contributed by atoms with Crippen molar-refractivity contribution in [3.63, 3.8) is 0 Å². The highest BCUT2D eigenvalue weighted by atomic mass is 17.2. The van der Waals surface area contributed by atoms with E-state index < -0.39 is 0 Å². The fourth-order valence-electron chi connectivity index (χ4n) is 4.90. The minimum atomic E-state index is -0.00614. The molecule has 0 amide bonds. The van der Waals surface area contributed by atoms with Crippen molar-refractivity contribution in [3.8, 4) is 5.75 Å². The Bertz CT molecular complexity index is 640. The van der Waals surface area contributed by atoms with E-state index in [2.05, 4.69) is 13.0 Å². The Morgan fingerprint density at radius 3 is 2.38 bits per heavy atom. The molecule has 4 nitrogen and oxygen atoms in total. The van der Waals surface area contributed by atoms with E-state index in [1.165, 1.54) is 56.9 Å². The van der Waals surface area contributed by atoms with Crippen molar-refractivity contribution in [2.75, 3.05) is 0 Å². The van der Waals surface area contributed by atoms with Gasteiger partial charge in [-0.1, -0.05) is 38.7 Å². The SMILES string of the molecule is CCCCCC1CCC(c2ccc(OOC3CCC(C=O)CC3)c(C=O)c2)CC1. The summed E-state index contributed by atoms with van der Waals surface area (Å²) in [4.78, 5) is 33.6. The van der Waals surface area contributed by atoms with Crippen LogP contribution in [0.25, 0.3) is 0 Å². The summed E-state index contributed by atoms with van der Waals surface area (Å²) in [5.41, 5.74) is 1.81. The van der Waals surface area contributed by atoms with Crippen LogP contribution in [-0.2, 0) is 9.68 Å². The number of rotatable bonds is 10. The molecule has 2 aliphatic carbocycles. The lowest BCUT2D eigenvalue weighted by atomic mass is 9.77. The summed E-state index contributed by atoms with van der Waals surface area (Å²) in [6.45, 7) is 2.26. The van der Waals surface area contributed by atoms with E-state index in [1.807, 2.05) is 12.1 Å². The Labute approximate surface area is 175 Å². The molecule has 0 N–H and O–H groups in total. The van der Waals surface area contributed by atoms with E-state index in [1.54, 1.807) is 0 Å². The minimum Gasteiger partial charge on any atom is -0.337 e. The predicted octanol–water partition coefficient (Wildman–Crippen LogP) is 6.42. The second kappa shape index (κ2) is 11.5. The molecular weight excluding hydrogens is 364 g/mol. The highest BCUT2D eigenvalue weighted by molar-refractivity contribution is 5.79. The third-order valence-electron chi connectivity index (χ3n) is 6.88. The number of benzene rings is 1. The quantitative estimate of drug-likeness (QED) is 0.197. The van der Waals surface area contributed by atoms with Crippen LogP contribution in [-0.4, -0.2) is 18.7 Å². The molecule has 1 aromatic rings. The van der Waals surface area contributed by atoms with Gasteiger partial charge < -0.3 is 9.68 Å². The number of carbonyl (C=O) groups excluding carboxylic acids is 2. The summed E-state index contributed by atoms with van der Waals surface area (Å²) < 4.78 is 0. The summed E-state index contributed by atoms with van der Waals surface area (Å²) in [7, 11) is 0. The summed E-state index contributed by atoms with van der Waals surface area (Å²) in [6, 6.07) is 5.96. The van der Waals surface area contributed by atoms with Crippen LogP contribution < -0.4 is 4.89 Å². The van der Waals surface area contributed by atoms with Crippen LogP contribution in [0.2, 0.25) is 0 Å². The second-order valence-corrected chi connectivity index (χ2v) is 8.98. The fraction of sp³-hybridized carbons (Fsp3) is 0.680. The van der Waals surface area contributed by atoms with Gasteiger partial charge in [0.1, 0.15) is 12.4 Å². The lowest BCUT2D eigenvalue weighted by molar-refractivity contribution is -0.252. The molecule has 0 unspecified atom stereocenters. The molecular formula is C25H36O4. The standard InChI is InChI=1S/C25H36O4/c1-2-3-4-5-19-6-10-21(11-7-19)22-12-15-25(23(16-22)18-27)29-28-24-13-8-20(17-26)9-14-24/h12,15-21,24H,2-11,13-14H2,1H3. The van der Waals surface area contributed by atoms with E-state index in [4.69, 9.17) is 9.78 Å². The lowest BCUT2D eigenvalue weighted by Crippen LogP contribution is -2.23. The topological polar surface area (TPSA) is 52.6 Å². The van der Waals surface area contributed by atoms with E-state index in [9.17, 15) is 9.59 Å². The van der Waals surface area contributed by atoms with Crippen LogP contribution in [0.4, 0.5) is 0 Å². The number of carbonyl (C=O) groups is 2. The molecule has 0 aliphatic heterocycles. The number of hydrogen-bond donors (Lipinski definition) is 0. The summed E-state index contributed by atoms with van der Waals surface area (Å²) in [5, 5.41) is 0. The van der Waals surface area contributed by atoms with Crippen molar-refractivity contribution in [3.05, 3.63) is 29.3 Å². The molecule has 0 aromatic heterocycles. The maximum absolute atomic E-state index is 11.6. The van der Waals surface area contributed by atoms with Gasteiger partial charge in [-0.2, -0.15) is 4.89 Å². The molecule has 2 fully saturated rings. The molecule has 1 aromatic carbocycles. The van der Waals surface area contributed by atoms with Gasteiger partial charge in [-0.05, 0) is 80.9 Å². The first-order valence-electron chi connectivity index (χ1n) is 11.6. The monoisotopic (exact) mass is 400 g/mol. The fourth-order valence-corrected chi connectivity index (χ4v) is 4.90. The molecule has 0 spiro atoms. The van der Waals surface area contributed by atoms with Gasteiger partial charge in [0.2, 0.25) is 0 Å². The second-order valence-electron chi connectivity index (χ2n) is 8.98. The van der Waals surface area contributed by atoms with Crippen LogP contribution in [0.1, 0.15) is 106 Å². The van der Waals surface area contributed by atoms with E-state index >= 15 is 0 Å². The molecule has 2 aliphatic rings. The first kappa shape index (κ1) is 22.0. The van der Waals surface area contributed by atoms with Gasteiger partial charge in [0.25, 0.3) is 0 Å². The summed E-state index contributed by atoms with van der Waals surface area (Å²) in [5.74, 6) is 2.08. The van der Waals surface area contributed by atoms with Crippen molar-refractivity contribution in [1.82, 2.24) is 0 Å². The molecule has 4 heteroatoms. The van der Waals surface area contributed by atoms with E-state index in [0.29, 0.717) is 17.2 Å². The van der Waals surface area contributed by atoms with Crippen molar-refractivity contribution in [1.29, 1.82) is 0 Å². The molecule has 0 bridgehead atoms. The van der Waals surface area contributed by atoms with Gasteiger partial charge >= 0.3 is 0 Å². The third-order valence-corrected chi connectivity index (χ3v) is 6.88. The maximum atomic E-state index is 11.6. The van der Waals surface area contributed by atoms with Gasteiger partial charge in [0.05, 0.1) is 5.56 Å². The Kier molecular flexibility index (Phi) is 8.72. The molecule has 160 valence electrons. The van der Waals surface area contributed by atoms with E-state index in [-0.39, 0.29) is 12.0 Å². The number of unbranched alkanes of at least 4 members (excludes halogenated alkanes) is 2. The Morgan fingerprint density at radius 2 is 1.72 bits per heavy atom. The highest BCUT2D eigenvalue weighted by Crippen LogP contribution is 2.39. The minimum absolute atomic E-state index is 0.00614. The van der Waals surface area contributed by atoms with Crippen molar-refractivity contribution in [2.24, 2.45) is 11.8 Å². The first-order valence-corrected chi connectivity index (χ1v) is 11.6. The van der Waals surface area contributed by atoms with Crippen LogP contribution in [0.5, 0.6) is 5.75 Å². The molecule has 0 radical (unpaired) electrons. The van der Waals surface area contributed by atoms with Crippen molar-refractivity contribution in [2.45, 2.75) is 96.0 Å². The van der Waals surface area contributed by atoms with Crippen LogP contribution in [0, 0.1) is 11.8 Å². The molecule has 29 heavy (non-hydrogen) atoms. The zero-order chi connectivity index (χ0) is 20.5. The maximum Gasteiger partial charge on any atom is 0.175 e. The van der Waals surface area contributed by atoms with Crippen LogP contribution in [0.15, 0.2) is 18.2 Å². The van der Waals surface area contributed by atoms with Crippen LogP contribution >= 0.6 is 0 Å². The number of aldehydes is 2. The average Bonchev–Trinajstić information content (AvgIpc) is 2.78.